The number of fused-ring (bicyclic) bond motifs is 1. The zero-order valence-corrected chi connectivity index (χ0v) is 12.3. The minimum Gasteiger partial charge on any atom is -0.496 e. The molecule has 1 atom stereocenters. The van der Waals surface area contributed by atoms with Crippen LogP contribution in [-0.2, 0) is 16.9 Å². The van der Waals surface area contributed by atoms with Crippen molar-refractivity contribution in [3.8, 4) is 0 Å². The first-order valence-corrected chi connectivity index (χ1v) is 8.55. The van der Waals surface area contributed by atoms with Crippen molar-refractivity contribution in [3.63, 3.8) is 0 Å². The van der Waals surface area contributed by atoms with Gasteiger partial charge in [0.05, 0.1) is 12.6 Å². The van der Waals surface area contributed by atoms with E-state index in [9.17, 15) is 0 Å². The van der Waals surface area contributed by atoms with Gasteiger partial charge in [-0.25, -0.2) is 0 Å². The summed E-state index contributed by atoms with van der Waals surface area (Å²) in [5, 5.41) is 3.41. The summed E-state index contributed by atoms with van der Waals surface area (Å²) in [7, 11) is 2.02. The van der Waals surface area contributed by atoms with E-state index in [0.717, 1.165) is 25.2 Å². The van der Waals surface area contributed by atoms with Gasteiger partial charge in [-0.1, -0.05) is 0 Å². The first-order chi connectivity index (χ1) is 8.88. The van der Waals surface area contributed by atoms with Crippen molar-refractivity contribution in [1.29, 1.82) is 0 Å². The van der Waals surface area contributed by atoms with Crippen LogP contribution in [0.5, 0.6) is 0 Å². The zero-order valence-electron chi connectivity index (χ0n) is 10.7. The highest BCUT2D eigenvalue weighted by Crippen LogP contribution is 2.37. The first-order valence-electron chi connectivity index (χ1n) is 6.58. The standard InChI is InChI=1S/C14H19NOS2/c1-15-14(11-4-2-3-6-16-11)13-8-10-9-17-7-5-12(10)18-13/h4,8,14-15H,2-3,5-7,9H2,1H3. The van der Waals surface area contributed by atoms with Crippen LogP contribution in [0.1, 0.15) is 34.2 Å². The third kappa shape index (κ3) is 2.46. The zero-order chi connectivity index (χ0) is 12.4. The van der Waals surface area contributed by atoms with Gasteiger partial charge in [0, 0.05) is 15.5 Å². The normalized spacial score (nSPS) is 20.8. The van der Waals surface area contributed by atoms with Crippen LogP contribution in [0.4, 0.5) is 0 Å². The van der Waals surface area contributed by atoms with Crippen LogP contribution in [0.2, 0.25) is 0 Å². The molecule has 3 heterocycles. The van der Waals surface area contributed by atoms with Gasteiger partial charge in [0.2, 0.25) is 0 Å². The Balaban J connectivity index is 1.86. The van der Waals surface area contributed by atoms with Crippen LogP contribution in [0, 0.1) is 0 Å². The molecule has 98 valence electrons. The van der Waals surface area contributed by atoms with E-state index in [1.807, 2.05) is 30.1 Å². The highest BCUT2D eigenvalue weighted by molar-refractivity contribution is 7.98. The van der Waals surface area contributed by atoms with Crippen LogP contribution in [-0.4, -0.2) is 19.4 Å². The van der Waals surface area contributed by atoms with Gasteiger partial charge in [0.1, 0.15) is 5.76 Å². The Labute approximate surface area is 117 Å². The Bertz CT molecular complexity index is 429. The van der Waals surface area contributed by atoms with Crippen LogP contribution in [0.25, 0.3) is 0 Å². The monoisotopic (exact) mass is 281 g/mol. The molecule has 0 saturated carbocycles. The maximum absolute atomic E-state index is 5.82. The van der Waals surface area contributed by atoms with Crippen molar-refractivity contribution in [3.05, 3.63) is 33.2 Å². The molecule has 0 saturated heterocycles. The number of nitrogens with one attached hydrogen (secondary N) is 1. The molecule has 1 aromatic heterocycles. The number of rotatable bonds is 3. The smallest absolute Gasteiger partial charge is 0.114 e. The average Bonchev–Trinajstić information content (AvgIpc) is 2.84. The number of ether oxygens (including phenoxy) is 1. The molecule has 0 aromatic carbocycles. The van der Waals surface area contributed by atoms with Crippen LogP contribution < -0.4 is 5.32 Å². The predicted molar refractivity (Wildman–Crippen MR) is 79.3 cm³/mol. The molecule has 2 nitrogen and oxygen atoms in total. The lowest BCUT2D eigenvalue weighted by Gasteiger charge is -2.22. The Kier molecular flexibility index (Phi) is 3.97. The summed E-state index contributed by atoms with van der Waals surface area (Å²) in [6.45, 7) is 0.866. The van der Waals surface area contributed by atoms with Gasteiger partial charge in [-0.05, 0) is 49.8 Å². The lowest BCUT2D eigenvalue weighted by Crippen LogP contribution is -2.21. The Morgan fingerprint density at radius 2 is 2.39 bits per heavy atom. The number of hydrogen-bond donors (Lipinski definition) is 1. The Morgan fingerprint density at radius 1 is 1.44 bits per heavy atom. The van der Waals surface area contributed by atoms with Crippen molar-refractivity contribution < 1.29 is 4.74 Å². The summed E-state index contributed by atoms with van der Waals surface area (Å²) in [5.74, 6) is 3.58. The van der Waals surface area contributed by atoms with Gasteiger partial charge in [0.15, 0.2) is 0 Å². The van der Waals surface area contributed by atoms with Gasteiger partial charge in [-0.15, -0.1) is 11.3 Å². The molecule has 0 amide bonds. The fourth-order valence-electron chi connectivity index (χ4n) is 2.51. The maximum Gasteiger partial charge on any atom is 0.114 e. The van der Waals surface area contributed by atoms with Gasteiger partial charge >= 0.3 is 0 Å². The molecule has 3 rings (SSSR count). The van der Waals surface area contributed by atoms with Crippen molar-refractivity contribution in [2.24, 2.45) is 0 Å². The molecule has 0 bridgehead atoms. The Hall–Kier alpha value is -0.450. The van der Waals surface area contributed by atoms with Crippen molar-refractivity contribution in [2.45, 2.75) is 31.1 Å². The molecule has 18 heavy (non-hydrogen) atoms. The van der Waals surface area contributed by atoms with Crippen LogP contribution in [0.3, 0.4) is 0 Å². The summed E-state index contributed by atoms with van der Waals surface area (Å²) in [6.07, 6.45) is 5.78. The number of thioether (sulfide) groups is 1. The molecule has 0 aliphatic carbocycles. The van der Waals surface area contributed by atoms with E-state index in [1.54, 1.807) is 10.4 Å². The molecule has 2 aliphatic heterocycles. The number of likely N-dealkylation sites (N-methyl/N-ethyl adjacent to an activating group) is 1. The summed E-state index contributed by atoms with van der Waals surface area (Å²) < 4.78 is 5.82. The molecule has 0 radical (unpaired) electrons. The van der Waals surface area contributed by atoms with Crippen molar-refractivity contribution in [2.75, 3.05) is 19.4 Å². The van der Waals surface area contributed by atoms with E-state index < -0.39 is 0 Å². The second kappa shape index (κ2) is 5.68. The third-order valence-electron chi connectivity index (χ3n) is 3.47. The lowest BCUT2D eigenvalue weighted by atomic mass is 10.1. The van der Waals surface area contributed by atoms with Gasteiger partial charge in [-0.3, -0.25) is 0 Å². The van der Waals surface area contributed by atoms with E-state index in [-0.39, 0.29) is 6.04 Å². The SMILES string of the molecule is CNC(C1=CCCCO1)c1cc2c(s1)CCSC2. The highest BCUT2D eigenvalue weighted by atomic mass is 32.2. The largest absolute Gasteiger partial charge is 0.496 e. The molecular formula is C14H19NOS2. The van der Waals surface area contributed by atoms with Gasteiger partial charge < -0.3 is 10.1 Å². The second-order valence-corrected chi connectivity index (χ2v) is 6.99. The predicted octanol–water partition coefficient (Wildman–Crippen LogP) is 3.49. The molecule has 2 aliphatic rings. The number of thiophene rings is 1. The first kappa shape index (κ1) is 12.6. The number of allylic oxidation sites excluding steroid dienone is 1. The van der Waals surface area contributed by atoms with Crippen LogP contribution in [0.15, 0.2) is 17.9 Å². The quantitative estimate of drug-likeness (QED) is 0.916. The summed E-state index contributed by atoms with van der Waals surface area (Å²) >= 11 is 4.01. The van der Waals surface area contributed by atoms with Crippen molar-refractivity contribution >= 4 is 23.1 Å². The van der Waals surface area contributed by atoms with Gasteiger partial charge in [0.25, 0.3) is 0 Å². The van der Waals surface area contributed by atoms with E-state index >= 15 is 0 Å². The molecule has 4 heteroatoms. The third-order valence-corrected chi connectivity index (χ3v) is 5.78. The van der Waals surface area contributed by atoms with E-state index in [1.165, 1.54) is 22.8 Å². The minimum atomic E-state index is 0.255. The molecule has 1 aromatic rings. The minimum absolute atomic E-state index is 0.255. The van der Waals surface area contributed by atoms with Crippen LogP contribution >= 0.6 is 23.1 Å². The Morgan fingerprint density at radius 3 is 3.11 bits per heavy atom. The van der Waals surface area contributed by atoms with E-state index in [2.05, 4.69) is 17.5 Å². The fraction of sp³-hybridized carbons (Fsp3) is 0.571. The molecule has 0 fully saturated rings. The second-order valence-electron chi connectivity index (χ2n) is 4.72. The summed E-state index contributed by atoms with van der Waals surface area (Å²) in [5.41, 5.74) is 1.54. The maximum atomic E-state index is 5.82. The van der Waals surface area contributed by atoms with Gasteiger partial charge in [-0.2, -0.15) is 11.8 Å². The number of aryl methyl sites for hydroxylation is 1. The average molecular weight is 281 g/mol. The highest BCUT2D eigenvalue weighted by Gasteiger charge is 2.23. The molecule has 0 spiro atoms. The topological polar surface area (TPSA) is 21.3 Å². The van der Waals surface area contributed by atoms with Crippen molar-refractivity contribution in [1.82, 2.24) is 5.32 Å². The lowest BCUT2D eigenvalue weighted by molar-refractivity contribution is 0.170. The van der Waals surface area contributed by atoms with E-state index in [4.69, 9.17) is 4.74 Å². The summed E-state index contributed by atoms with van der Waals surface area (Å²) in [4.78, 5) is 3.00. The molecule has 1 unspecified atom stereocenters. The molecule has 1 N–H and O–H groups in total. The number of hydrogen-bond acceptors (Lipinski definition) is 4. The molecular weight excluding hydrogens is 262 g/mol. The summed E-state index contributed by atoms with van der Waals surface area (Å²) in [6, 6.07) is 2.64. The fourth-order valence-corrected chi connectivity index (χ4v) is 5.01. The van der Waals surface area contributed by atoms with E-state index in [0.29, 0.717) is 0 Å².